The predicted molar refractivity (Wildman–Crippen MR) is 72.9 cm³/mol. The molecule has 1 atom stereocenters. The van der Waals surface area contributed by atoms with Crippen LogP contribution in [0.1, 0.15) is 49.2 Å². The van der Waals surface area contributed by atoms with Crippen LogP contribution in [-0.4, -0.2) is 39.8 Å². The summed E-state index contributed by atoms with van der Waals surface area (Å²) >= 11 is 0. The number of aromatic nitrogens is 2. The average molecular weight is 265 g/mol. The van der Waals surface area contributed by atoms with Crippen LogP contribution in [0.15, 0.2) is 6.20 Å². The highest BCUT2D eigenvalue weighted by atomic mass is 16.5. The zero-order chi connectivity index (χ0) is 13.8. The van der Waals surface area contributed by atoms with E-state index in [2.05, 4.69) is 16.9 Å². The molecular formula is C14H23N3O2. The van der Waals surface area contributed by atoms with E-state index in [0.29, 0.717) is 18.2 Å². The summed E-state index contributed by atoms with van der Waals surface area (Å²) < 4.78 is 6.87. The Balaban J connectivity index is 2.14. The van der Waals surface area contributed by atoms with Crippen LogP contribution in [0.3, 0.4) is 0 Å². The summed E-state index contributed by atoms with van der Waals surface area (Å²) in [5.74, 6) is -0.268. The van der Waals surface area contributed by atoms with Crippen LogP contribution in [0.2, 0.25) is 0 Å². The molecule has 5 nitrogen and oxygen atoms in total. The molecule has 106 valence electrons. The first-order chi connectivity index (χ1) is 9.13. The maximum Gasteiger partial charge on any atom is 0.341 e. The number of hydrogen-bond donors (Lipinski definition) is 0. The van der Waals surface area contributed by atoms with Gasteiger partial charge in [0.2, 0.25) is 0 Å². The molecule has 0 radical (unpaired) electrons. The highest BCUT2D eigenvalue weighted by Crippen LogP contribution is 2.20. The first-order valence-electron chi connectivity index (χ1n) is 7.05. The number of aryl methyl sites for hydroxylation is 1. The van der Waals surface area contributed by atoms with Crippen molar-refractivity contribution in [1.29, 1.82) is 0 Å². The fourth-order valence-electron chi connectivity index (χ4n) is 2.61. The summed E-state index contributed by atoms with van der Waals surface area (Å²) in [4.78, 5) is 14.3. The SMILES string of the molecule is CCOC(=O)c1cnn(C)c1CN1CCCC[C@@H]1C. The maximum absolute atomic E-state index is 11.9. The predicted octanol–water partition coefficient (Wildman–Crippen LogP) is 1.97. The van der Waals surface area contributed by atoms with Crippen LogP contribution in [0.4, 0.5) is 0 Å². The number of likely N-dealkylation sites (tertiary alicyclic amines) is 1. The highest BCUT2D eigenvalue weighted by molar-refractivity contribution is 5.90. The van der Waals surface area contributed by atoms with Gasteiger partial charge < -0.3 is 4.74 Å². The molecule has 0 N–H and O–H groups in total. The largest absolute Gasteiger partial charge is 0.462 e. The third-order valence-corrected chi connectivity index (χ3v) is 3.85. The number of piperidine rings is 1. The molecule has 1 aliphatic heterocycles. The number of rotatable bonds is 4. The molecule has 1 aromatic rings. The van der Waals surface area contributed by atoms with Crippen LogP contribution in [0.25, 0.3) is 0 Å². The standard InChI is InChI=1S/C14H23N3O2/c1-4-19-14(18)12-9-15-16(3)13(12)10-17-8-6-5-7-11(17)2/h9,11H,4-8,10H2,1-3H3/t11-/m0/s1. The van der Waals surface area contributed by atoms with E-state index in [1.807, 2.05) is 14.0 Å². The van der Waals surface area contributed by atoms with Crippen molar-refractivity contribution in [2.75, 3.05) is 13.2 Å². The second-order valence-corrected chi connectivity index (χ2v) is 5.16. The Hall–Kier alpha value is -1.36. The lowest BCUT2D eigenvalue weighted by atomic mass is 10.0. The van der Waals surface area contributed by atoms with Crippen molar-refractivity contribution in [2.24, 2.45) is 7.05 Å². The fourth-order valence-corrected chi connectivity index (χ4v) is 2.61. The van der Waals surface area contributed by atoms with E-state index in [9.17, 15) is 4.79 Å². The molecule has 1 aliphatic rings. The van der Waals surface area contributed by atoms with E-state index in [-0.39, 0.29) is 5.97 Å². The Labute approximate surface area is 114 Å². The molecule has 2 rings (SSSR count). The normalized spacial score (nSPS) is 20.5. The minimum absolute atomic E-state index is 0.268. The lowest BCUT2D eigenvalue weighted by Crippen LogP contribution is -2.37. The lowest BCUT2D eigenvalue weighted by Gasteiger charge is -2.33. The van der Waals surface area contributed by atoms with Crippen molar-refractivity contribution in [3.63, 3.8) is 0 Å². The lowest BCUT2D eigenvalue weighted by molar-refractivity contribution is 0.0522. The zero-order valence-corrected chi connectivity index (χ0v) is 12.1. The Morgan fingerprint density at radius 1 is 1.53 bits per heavy atom. The fraction of sp³-hybridized carbons (Fsp3) is 0.714. The van der Waals surface area contributed by atoms with Crippen molar-refractivity contribution in [3.05, 3.63) is 17.5 Å². The first kappa shape index (κ1) is 14.1. The Kier molecular flexibility index (Phi) is 4.58. The number of ether oxygens (including phenoxy) is 1. The molecular weight excluding hydrogens is 242 g/mol. The van der Waals surface area contributed by atoms with Crippen molar-refractivity contribution in [3.8, 4) is 0 Å². The molecule has 0 unspecified atom stereocenters. The van der Waals surface area contributed by atoms with Gasteiger partial charge in [-0.15, -0.1) is 0 Å². The van der Waals surface area contributed by atoms with Gasteiger partial charge in [-0.1, -0.05) is 6.42 Å². The van der Waals surface area contributed by atoms with Gasteiger partial charge in [0.15, 0.2) is 0 Å². The van der Waals surface area contributed by atoms with Crippen molar-refractivity contribution >= 4 is 5.97 Å². The Bertz CT molecular complexity index is 442. The van der Waals surface area contributed by atoms with Crippen molar-refractivity contribution < 1.29 is 9.53 Å². The molecule has 0 amide bonds. The number of carbonyl (C=O) groups excluding carboxylic acids is 1. The second kappa shape index (κ2) is 6.19. The van der Waals surface area contributed by atoms with E-state index >= 15 is 0 Å². The monoisotopic (exact) mass is 265 g/mol. The number of esters is 1. The number of carbonyl (C=O) groups is 1. The summed E-state index contributed by atoms with van der Waals surface area (Å²) in [6, 6.07) is 0.568. The third-order valence-electron chi connectivity index (χ3n) is 3.85. The summed E-state index contributed by atoms with van der Waals surface area (Å²) in [5.41, 5.74) is 1.55. The molecule has 19 heavy (non-hydrogen) atoms. The van der Waals surface area contributed by atoms with Crippen LogP contribution in [0, 0.1) is 0 Å². The summed E-state index contributed by atoms with van der Waals surface area (Å²) in [6.07, 6.45) is 5.37. The number of hydrogen-bond acceptors (Lipinski definition) is 4. The minimum atomic E-state index is -0.268. The van der Waals surface area contributed by atoms with Gasteiger partial charge in [-0.3, -0.25) is 9.58 Å². The summed E-state index contributed by atoms with van der Waals surface area (Å²) in [7, 11) is 1.88. The molecule has 5 heteroatoms. The smallest absolute Gasteiger partial charge is 0.341 e. The molecule has 1 fully saturated rings. The van der Waals surface area contributed by atoms with Crippen LogP contribution < -0.4 is 0 Å². The molecule has 0 saturated carbocycles. The van der Waals surface area contributed by atoms with Crippen molar-refractivity contribution in [2.45, 2.75) is 45.7 Å². The van der Waals surface area contributed by atoms with E-state index < -0.39 is 0 Å². The molecule has 1 aromatic heterocycles. The topological polar surface area (TPSA) is 47.4 Å². The van der Waals surface area contributed by atoms with Gasteiger partial charge in [-0.2, -0.15) is 5.10 Å². The summed E-state index contributed by atoms with van der Waals surface area (Å²) in [5, 5.41) is 4.20. The maximum atomic E-state index is 11.9. The molecule has 0 spiro atoms. The van der Waals surface area contributed by atoms with Gasteiger partial charge in [-0.25, -0.2) is 4.79 Å². The molecule has 0 bridgehead atoms. The molecule has 1 saturated heterocycles. The summed E-state index contributed by atoms with van der Waals surface area (Å²) in [6.45, 7) is 6.33. The van der Waals surface area contributed by atoms with Gasteiger partial charge in [-0.05, 0) is 33.2 Å². The van der Waals surface area contributed by atoms with E-state index in [0.717, 1.165) is 18.8 Å². The van der Waals surface area contributed by atoms with Crippen LogP contribution in [-0.2, 0) is 18.3 Å². The third kappa shape index (κ3) is 3.15. The zero-order valence-electron chi connectivity index (χ0n) is 12.1. The van der Waals surface area contributed by atoms with Gasteiger partial charge in [0.25, 0.3) is 0 Å². The quantitative estimate of drug-likeness (QED) is 0.781. The Morgan fingerprint density at radius 2 is 2.32 bits per heavy atom. The van der Waals surface area contributed by atoms with Gasteiger partial charge in [0, 0.05) is 19.6 Å². The average Bonchev–Trinajstić information content (AvgIpc) is 2.74. The van der Waals surface area contributed by atoms with E-state index in [1.165, 1.54) is 19.3 Å². The van der Waals surface area contributed by atoms with Crippen molar-refractivity contribution in [1.82, 2.24) is 14.7 Å². The first-order valence-corrected chi connectivity index (χ1v) is 7.05. The highest BCUT2D eigenvalue weighted by Gasteiger charge is 2.23. The van der Waals surface area contributed by atoms with E-state index in [4.69, 9.17) is 4.74 Å². The van der Waals surface area contributed by atoms with E-state index in [1.54, 1.807) is 10.9 Å². The second-order valence-electron chi connectivity index (χ2n) is 5.16. The van der Waals surface area contributed by atoms with Gasteiger partial charge >= 0.3 is 5.97 Å². The molecule has 2 heterocycles. The number of nitrogens with zero attached hydrogens (tertiary/aromatic N) is 3. The molecule has 0 aromatic carbocycles. The van der Waals surface area contributed by atoms with Gasteiger partial charge in [0.05, 0.1) is 18.5 Å². The minimum Gasteiger partial charge on any atom is -0.462 e. The van der Waals surface area contributed by atoms with Crippen LogP contribution in [0.5, 0.6) is 0 Å². The Morgan fingerprint density at radius 3 is 3.00 bits per heavy atom. The van der Waals surface area contributed by atoms with Gasteiger partial charge in [0.1, 0.15) is 5.56 Å². The molecule has 0 aliphatic carbocycles. The van der Waals surface area contributed by atoms with Crippen LogP contribution >= 0.6 is 0 Å².